The van der Waals surface area contributed by atoms with Crippen LogP contribution >= 0.6 is 0 Å². The summed E-state index contributed by atoms with van der Waals surface area (Å²) in [6, 6.07) is 5.76. The summed E-state index contributed by atoms with van der Waals surface area (Å²) in [5, 5.41) is 3.49. The van der Waals surface area contributed by atoms with E-state index in [0.29, 0.717) is 23.8 Å². The number of halogens is 1. The summed E-state index contributed by atoms with van der Waals surface area (Å²) in [6.07, 6.45) is 1.73. The Morgan fingerprint density at radius 2 is 2.24 bits per heavy atom. The van der Waals surface area contributed by atoms with Gasteiger partial charge in [0.05, 0.1) is 13.2 Å². The molecule has 0 saturated carbocycles. The van der Waals surface area contributed by atoms with E-state index >= 15 is 0 Å². The van der Waals surface area contributed by atoms with E-state index in [0.717, 1.165) is 19.6 Å². The van der Waals surface area contributed by atoms with Gasteiger partial charge in [-0.15, -0.1) is 0 Å². The average Bonchev–Trinajstić information content (AvgIpc) is 2.81. The summed E-state index contributed by atoms with van der Waals surface area (Å²) < 4.78 is 25.3. The van der Waals surface area contributed by atoms with Crippen molar-refractivity contribution in [1.29, 1.82) is 0 Å². The SMILES string of the molecule is COc1cccc(CC2(CNC(C)C)CCOC2C)c1F. The van der Waals surface area contributed by atoms with Crippen LogP contribution in [0.2, 0.25) is 0 Å². The van der Waals surface area contributed by atoms with E-state index < -0.39 is 0 Å². The molecule has 1 aliphatic heterocycles. The van der Waals surface area contributed by atoms with Crippen molar-refractivity contribution in [2.75, 3.05) is 20.3 Å². The number of nitrogens with one attached hydrogen (secondary N) is 1. The second kappa shape index (κ2) is 6.75. The minimum atomic E-state index is -0.247. The summed E-state index contributed by atoms with van der Waals surface area (Å²) in [6.45, 7) is 7.92. The lowest BCUT2D eigenvalue weighted by Gasteiger charge is -2.34. The highest BCUT2D eigenvalue weighted by Crippen LogP contribution is 2.39. The second-order valence-corrected chi connectivity index (χ2v) is 6.27. The summed E-state index contributed by atoms with van der Waals surface area (Å²) in [5.74, 6) is 0.0639. The van der Waals surface area contributed by atoms with Crippen LogP contribution in [0.25, 0.3) is 0 Å². The molecule has 2 unspecified atom stereocenters. The Kier molecular flexibility index (Phi) is 5.22. The van der Waals surface area contributed by atoms with Gasteiger partial charge in [0.25, 0.3) is 0 Å². The van der Waals surface area contributed by atoms with Crippen LogP contribution in [-0.4, -0.2) is 32.4 Å². The van der Waals surface area contributed by atoms with E-state index in [4.69, 9.17) is 9.47 Å². The molecule has 3 nitrogen and oxygen atoms in total. The molecule has 0 spiro atoms. The van der Waals surface area contributed by atoms with Gasteiger partial charge in [-0.2, -0.15) is 0 Å². The zero-order chi connectivity index (χ0) is 15.5. The molecule has 0 aromatic heterocycles. The minimum Gasteiger partial charge on any atom is -0.494 e. The number of ether oxygens (including phenoxy) is 2. The van der Waals surface area contributed by atoms with Crippen molar-refractivity contribution in [2.45, 2.75) is 45.8 Å². The third kappa shape index (κ3) is 3.55. The average molecular weight is 295 g/mol. The fraction of sp³-hybridized carbons (Fsp3) is 0.647. The summed E-state index contributed by atoms with van der Waals surface area (Å²) >= 11 is 0. The van der Waals surface area contributed by atoms with Gasteiger partial charge in [0.15, 0.2) is 11.6 Å². The molecule has 21 heavy (non-hydrogen) atoms. The van der Waals surface area contributed by atoms with Crippen molar-refractivity contribution in [3.05, 3.63) is 29.6 Å². The highest BCUT2D eigenvalue weighted by molar-refractivity contribution is 5.32. The van der Waals surface area contributed by atoms with Crippen molar-refractivity contribution in [2.24, 2.45) is 5.41 Å². The Bertz CT molecular complexity index is 478. The molecule has 0 aliphatic carbocycles. The van der Waals surface area contributed by atoms with Crippen LogP contribution in [0.15, 0.2) is 18.2 Å². The van der Waals surface area contributed by atoms with E-state index in [2.05, 4.69) is 26.1 Å². The molecule has 1 N–H and O–H groups in total. The molecule has 4 heteroatoms. The van der Waals surface area contributed by atoms with Gasteiger partial charge in [0, 0.05) is 24.6 Å². The second-order valence-electron chi connectivity index (χ2n) is 6.27. The molecule has 2 atom stereocenters. The van der Waals surface area contributed by atoms with Crippen LogP contribution in [-0.2, 0) is 11.2 Å². The Balaban J connectivity index is 2.23. The van der Waals surface area contributed by atoms with Crippen molar-refractivity contribution >= 4 is 0 Å². The maximum Gasteiger partial charge on any atom is 0.168 e. The monoisotopic (exact) mass is 295 g/mol. The maximum atomic E-state index is 14.4. The summed E-state index contributed by atoms with van der Waals surface area (Å²) in [7, 11) is 1.50. The predicted octanol–water partition coefficient (Wildman–Crippen LogP) is 3.17. The Morgan fingerprint density at radius 1 is 1.48 bits per heavy atom. The standard InChI is InChI=1S/C17H26FNO2/c1-12(2)19-11-17(8-9-21-13(17)3)10-14-6-5-7-15(20-4)16(14)18/h5-7,12-13,19H,8-11H2,1-4H3. The van der Waals surface area contributed by atoms with Crippen LogP contribution in [0.4, 0.5) is 4.39 Å². The van der Waals surface area contributed by atoms with Gasteiger partial charge in [-0.25, -0.2) is 4.39 Å². The quantitative estimate of drug-likeness (QED) is 0.874. The summed E-state index contributed by atoms with van der Waals surface area (Å²) in [4.78, 5) is 0. The van der Waals surface area contributed by atoms with Crippen molar-refractivity contribution < 1.29 is 13.9 Å². The molecule has 1 aliphatic rings. The first-order valence-electron chi connectivity index (χ1n) is 7.65. The predicted molar refractivity (Wildman–Crippen MR) is 82.3 cm³/mol. The molecule has 1 aromatic carbocycles. The third-order valence-electron chi connectivity index (χ3n) is 4.50. The van der Waals surface area contributed by atoms with Gasteiger partial charge in [0.1, 0.15) is 0 Å². The molecule has 118 valence electrons. The van der Waals surface area contributed by atoms with Crippen molar-refractivity contribution in [1.82, 2.24) is 5.32 Å². The molecular formula is C17H26FNO2. The minimum absolute atomic E-state index is 0.0581. The van der Waals surface area contributed by atoms with E-state index in [1.54, 1.807) is 6.07 Å². The highest BCUT2D eigenvalue weighted by atomic mass is 19.1. The van der Waals surface area contributed by atoms with Crippen LogP contribution in [0.1, 0.15) is 32.8 Å². The van der Waals surface area contributed by atoms with Crippen LogP contribution in [0.3, 0.4) is 0 Å². The number of methoxy groups -OCH3 is 1. The highest BCUT2D eigenvalue weighted by Gasteiger charge is 2.42. The lowest BCUT2D eigenvalue weighted by Crippen LogP contribution is -2.43. The molecule has 1 fully saturated rings. The fourth-order valence-electron chi connectivity index (χ4n) is 2.98. The van der Waals surface area contributed by atoms with Crippen LogP contribution in [0, 0.1) is 11.2 Å². The molecule has 1 aromatic rings. The first-order valence-corrected chi connectivity index (χ1v) is 7.65. The van der Waals surface area contributed by atoms with Gasteiger partial charge in [-0.3, -0.25) is 0 Å². The molecule has 1 saturated heterocycles. The van der Waals surface area contributed by atoms with Crippen molar-refractivity contribution in [3.63, 3.8) is 0 Å². The number of hydrogen-bond acceptors (Lipinski definition) is 3. The number of rotatable bonds is 6. The zero-order valence-corrected chi connectivity index (χ0v) is 13.4. The normalized spacial score (nSPS) is 25.5. The number of hydrogen-bond donors (Lipinski definition) is 1. The fourth-order valence-corrected chi connectivity index (χ4v) is 2.98. The first-order chi connectivity index (χ1) is 9.98. The zero-order valence-electron chi connectivity index (χ0n) is 13.4. The largest absolute Gasteiger partial charge is 0.494 e. The molecule has 1 heterocycles. The smallest absolute Gasteiger partial charge is 0.168 e. The van der Waals surface area contributed by atoms with E-state index in [-0.39, 0.29) is 17.3 Å². The lowest BCUT2D eigenvalue weighted by atomic mass is 9.76. The van der Waals surface area contributed by atoms with E-state index in [9.17, 15) is 4.39 Å². The van der Waals surface area contributed by atoms with Gasteiger partial charge >= 0.3 is 0 Å². The molecule has 2 rings (SSSR count). The molecule has 0 radical (unpaired) electrons. The van der Waals surface area contributed by atoms with Crippen molar-refractivity contribution in [3.8, 4) is 5.75 Å². The topological polar surface area (TPSA) is 30.5 Å². The van der Waals surface area contributed by atoms with Gasteiger partial charge in [-0.1, -0.05) is 26.0 Å². The van der Waals surface area contributed by atoms with Gasteiger partial charge in [-0.05, 0) is 31.4 Å². The van der Waals surface area contributed by atoms with Gasteiger partial charge < -0.3 is 14.8 Å². The van der Waals surface area contributed by atoms with Crippen LogP contribution in [0.5, 0.6) is 5.75 Å². The van der Waals surface area contributed by atoms with E-state index in [1.165, 1.54) is 7.11 Å². The maximum absolute atomic E-state index is 14.4. The molecular weight excluding hydrogens is 269 g/mol. The third-order valence-corrected chi connectivity index (χ3v) is 4.50. The Hall–Kier alpha value is -1.13. The van der Waals surface area contributed by atoms with Crippen LogP contribution < -0.4 is 10.1 Å². The van der Waals surface area contributed by atoms with E-state index in [1.807, 2.05) is 12.1 Å². The molecule has 0 bridgehead atoms. The lowest BCUT2D eigenvalue weighted by molar-refractivity contribution is 0.0616. The van der Waals surface area contributed by atoms with Gasteiger partial charge in [0.2, 0.25) is 0 Å². The molecule has 0 amide bonds. The Morgan fingerprint density at radius 3 is 2.81 bits per heavy atom. The summed E-state index contributed by atoms with van der Waals surface area (Å²) in [5.41, 5.74) is 0.648. The number of benzene rings is 1. The first kappa shape index (κ1) is 16.2. The Labute approximate surface area is 126 Å².